The minimum absolute atomic E-state index is 0.172. The molecule has 0 saturated carbocycles. The molecule has 2 rings (SSSR count). The third-order valence-electron chi connectivity index (χ3n) is 4.20. The molecule has 0 aromatic heterocycles. The highest BCUT2D eigenvalue weighted by atomic mass is 19.1. The van der Waals surface area contributed by atoms with Gasteiger partial charge in [-0.15, -0.1) is 0 Å². The Balaban J connectivity index is 2.36. The molecule has 1 unspecified atom stereocenters. The van der Waals surface area contributed by atoms with E-state index in [9.17, 15) is 4.39 Å². The summed E-state index contributed by atoms with van der Waals surface area (Å²) >= 11 is 0. The first kappa shape index (κ1) is 15.7. The first-order valence-electron chi connectivity index (χ1n) is 7.42. The standard InChI is InChI=1S/C19H24FN/c1-12-8-13(2)18(14(3)9-12)11-19(21-5)17-7-6-16(20)10-15(17)4/h6-10,19,21H,11H2,1-5H3. The summed E-state index contributed by atoms with van der Waals surface area (Å²) in [6.45, 7) is 8.43. The zero-order valence-electron chi connectivity index (χ0n) is 13.5. The van der Waals surface area contributed by atoms with E-state index in [0.717, 1.165) is 12.0 Å². The summed E-state index contributed by atoms with van der Waals surface area (Å²) in [4.78, 5) is 0. The molecule has 2 heteroatoms. The molecule has 1 atom stereocenters. The van der Waals surface area contributed by atoms with Crippen molar-refractivity contribution in [1.82, 2.24) is 5.32 Å². The zero-order valence-corrected chi connectivity index (χ0v) is 13.5. The van der Waals surface area contributed by atoms with Crippen LogP contribution in [0.25, 0.3) is 0 Å². The fraction of sp³-hybridized carbons (Fsp3) is 0.368. The van der Waals surface area contributed by atoms with Crippen LogP contribution >= 0.6 is 0 Å². The molecule has 0 fully saturated rings. The van der Waals surface area contributed by atoms with E-state index < -0.39 is 0 Å². The molecule has 0 aliphatic rings. The van der Waals surface area contributed by atoms with Gasteiger partial charge in [-0.05, 0) is 81.1 Å². The molecule has 0 spiro atoms. The highest BCUT2D eigenvalue weighted by molar-refractivity contribution is 5.40. The van der Waals surface area contributed by atoms with Gasteiger partial charge in [0.2, 0.25) is 0 Å². The second kappa shape index (κ2) is 6.40. The highest BCUT2D eigenvalue weighted by Gasteiger charge is 2.15. The van der Waals surface area contributed by atoms with Crippen LogP contribution in [-0.2, 0) is 6.42 Å². The molecule has 0 radical (unpaired) electrons. The van der Waals surface area contributed by atoms with Crippen molar-refractivity contribution in [3.05, 3.63) is 69.5 Å². The van der Waals surface area contributed by atoms with Gasteiger partial charge in [0.15, 0.2) is 0 Å². The number of nitrogens with one attached hydrogen (secondary N) is 1. The average molecular weight is 285 g/mol. The number of aryl methyl sites for hydroxylation is 4. The van der Waals surface area contributed by atoms with Crippen LogP contribution in [0.2, 0.25) is 0 Å². The number of halogens is 1. The Labute approximate surface area is 127 Å². The van der Waals surface area contributed by atoms with Gasteiger partial charge in [-0.2, -0.15) is 0 Å². The summed E-state index contributed by atoms with van der Waals surface area (Å²) in [6.07, 6.45) is 0.918. The predicted octanol–water partition coefficient (Wildman–Crippen LogP) is 4.56. The van der Waals surface area contributed by atoms with Crippen molar-refractivity contribution in [2.45, 2.75) is 40.2 Å². The Morgan fingerprint density at radius 2 is 1.57 bits per heavy atom. The smallest absolute Gasteiger partial charge is 0.123 e. The Hall–Kier alpha value is -1.67. The monoisotopic (exact) mass is 285 g/mol. The summed E-state index contributed by atoms with van der Waals surface area (Å²) < 4.78 is 13.3. The second-order valence-electron chi connectivity index (χ2n) is 5.92. The van der Waals surface area contributed by atoms with Gasteiger partial charge in [0.1, 0.15) is 5.82 Å². The zero-order chi connectivity index (χ0) is 15.6. The van der Waals surface area contributed by atoms with Gasteiger partial charge in [-0.1, -0.05) is 23.8 Å². The normalized spacial score (nSPS) is 12.5. The maximum Gasteiger partial charge on any atom is 0.123 e. The molecule has 112 valence electrons. The Kier molecular flexibility index (Phi) is 4.79. The van der Waals surface area contributed by atoms with Crippen LogP contribution in [-0.4, -0.2) is 7.05 Å². The van der Waals surface area contributed by atoms with Gasteiger partial charge < -0.3 is 5.32 Å². The van der Waals surface area contributed by atoms with Crippen LogP contribution in [0.4, 0.5) is 4.39 Å². The average Bonchev–Trinajstić information content (AvgIpc) is 2.39. The van der Waals surface area contributed by atoms with Crippen molar-refractivity contribution >= 4 is 0 Å². The maximum atomic E-state index is 13.3. The largest absolute Gasteiger partial charge is 0.313 e. The molecule has 2 aromatic rings. The molecule has 0 amide bonds. The van der Waals surface area contributed by atoms with E-state index in [0.29, 0.717) is 0 Å². The molecule has 2 aromatic carbocycles. The van der Waals surface area contributed by atoms with E-state index in [4.69, 9.17) is 0 Å². The number of hydrogen-bond acceptors (Lipinski definition) is 1. The SMILES string of the molecule is CNC(Cc1c(C)cc(C)cc1C)c1ccc(F)cc1C. The van der Waals surface area contributed by atoms with E-state index in [2.05, 4.69) is 38.2 Å². The summed E-state index contributed by atoms with van der Waals surface area (Å²) in [5.41, 5.74) is 7.49. The molecule has 0 heterocycles. The lowest BCUT2D eigenvalue weighted by atomic mass is 9.90. The number of rotatable bonds is 4. The lowest BCUT2D eigenvalue weighted by Gasteiger charge is -2.21. The second-order valence-corrected chi connectivity index (χ2v) is 5.92. The summed E-state index contributed by atoms with van der Waals surface area (Å²) in [5, 5.41) is 3.37. The predicted molar refractivity (Wildman–Crippen MR) is 87.3 cm³/mol. The van der Waals surface area contributed by atoms with Gasteiger partial charge in [0.05, 0.1) is 0 Å². The molecule has 1 nitrogen and oxygen atoms in total. The Morgan fingerprint density at radius 1 is 0.952 bits per heavy atom. The minimum Gasteiger partial charge on any atom is -0.313 e. The first-order chi connectivity index (χ1) is 9.92. The molecular formula is C19H24FN. The lowest BCUT2D eigenvalue weighted by molar-refractivity contribution is 0.579. The summed E-state index contributed by atoms with van der Waals surface area (Å²) in [5.74, 6) is -0.172. The van der Waals surface area contributed by atoms with Gasteiger partial charge in [0, 0.05) is 6.04 Å². The number of hydrogen-bond donors (Lipinski definition) is 1. The van der Waals surface area contributed by atoms with Crippen molar-refractivity contribution in [2.75, 3.05) is 7.05 Å². The van der Waals surface area contributed by atoms with E-state index >= 15 is 0 Å². The Morgan fingerprint density at radius 3 is 2.10 bits per heavy atom. The molecule has 0 aliphatic heterocycles. The van der Waals surface area contributed by atoms with Crippen LogP contribution in [0.15, 0.2) is 30.3 Å². The molecule has 1 N–H and O–H groups in total. The van der Waals surface area contributed by atoms with Crippen molar-refractivity contribution < 1.29 is 4.39 Å². The van der Waals surface area contributed by atoms with Crippen LogP contribution < -0.4 is 5.32 Å². The number of benzene rings is 2. The van der Waals surface area contributed by atoms with Crippen molar-refractivity contribution in [3.8, 4) is 0 Å². The van der Waals surface area contributed by atoms with E-state index in [-0.39, 0.29) is 11.9 Å². The van der Waals surface area contributed by atoms with Crippen LogP contribution in [0.1, 0.15) is 39.4 Å². The fourth-order valence-electron chi connectivity index (χ4n) is 3.13. The quantitative estimate of drug-likeness (QED) is 0.868. The van der Waals surface area contributed by atoms with Gasteiger partial charge in [-0.3, -0.25) is 0 Å². The van der Waals surface area contributed by atoms with E-state index in [1.807, 2.05) is 20.0 Å². The van der Waals surface area contributed by atoms with E-state index in [1.54, 1.807) is 12.1 Å². The van der Waals surface area contributed by atoms with Gasteiger partial charge in [0.25, 0.3) is 0 Å². The van der Waals surface area contributed by atoms with Gasteiger partial charge >= 0.3 is 0 Å². The van der Waals surface area contributed by atoms with Crippen molar-refractivity contribution in [3.63, 3.8) is 0 Å². The third-order valence-corrected chi connectivity index (χ3v) is 4.20. The molecular weight excluding hydrogens is 261 g/mol. The molecule has 21 heavy (non-hydrogen) atoms. The highest BCUT2D eigenvalue weighted by Crippen LogP contribution is 2.26. The van der Waals surface area contributed by atoms with Gasteiger partial charge in [-0.25, -0.2) is 4.39 Å². The Bertz CT molecular complexity index is 623. The van der Waals surface area contributed by atoms with E-state index in [1.165, 1.54) is 27.8 Å². The maximum absolute atomic E-state index is 13.3. The minimum atomic E-state index is -0.172. The fourth-order valence-corrected chi connectivity index (χ4v) is 3.13. The summed E-state index contributed by atoms with van der Waals surface area (Å²) in [7, 11) is 1.96. The number of likely N-dealkylation sites (N-methyl/N-ethyl adjacent to an activating group) is 1. The van der Waals surface area contributed by atoms with Crippen molar-refractivity contribution in [2.24, 2.45) is 0 Å². The topological polar surface area (TPSA) is 12.0 Å². The molecule has 0 aliphatic carbocycles. The lowest BCUT2D eigenvalue weighted by Crippen LogP contribution is -2.21. The molecule has 0 saturated heterocycles. The summed E-state index contributed by atoms with van der Waals surface area (Å²) in [6, 6.07) is 9.70. The van der Waals surface area contributed by atoms with Crippen LogP contribution in [0.3, 0.4) is 0 Å². The first-order valence-corrected chi connectivity index (χ1v) is 7.42. The van der Waals surface area contributed by atoms with Crippen molar-refractivity contribution in [1.29, 1.82) is 0 Å². The third kappa shape index (κ3) is 3.51. The molecule has 0 bridgehead atoms. The van der Waals surface area contributed by atoms with Crippen LogP contribution in [0, 0.1) is 33.5 Å². The van der Waals surface area contributed by atoms with Crippen LogP contribution in [0.5, 0.6) is 0 Å².